The average molecular weight is 156 g/mol. The Morgan fingerprint density at radius 3 is 3.18 bits per heavy atom. The van der Waals surface area contributed by atoms with Gasteiger partial charge in [0, 0.05) is 31.0 Å². The lowest BCUT2D eigenvalue weighted by molar-refractivity contribution is 0.138. The predicted molar refractivity (Wildman–Crippen MR) is 43.3 cm³/mol. The number of rotatable bonds is 1. The van der Waals surface area contributed by atoms with Crippen molar-refractivity contribution in [3.05, 3.63) is 0 Å². The topological polar surface area (TPSA) is 38.5 Å². The van der Waals surface area contributed by atoms with Gasteiger partial charge in [-0.05, 0) is 7.05 Å². The van der Waals surface area contributed by atoms with Crippen LogP contribution in [0.1, 0.15) is 0 Å². The highest BCUT2D eigenvalue weighted by atomic mass is 16.5. The van der Waals surface area contributed by atoms with E-state index in [0.29, 0.717) is 11.3 Å². The first-order valence-electron chi connectivity index (χ1n) is 4.23. The lowest BCUT2D eigenvalue weighted by atomic mass is 9.81. The molecule has 3 nitrogen and oxygen atoms in total. The van der Waals surface area contributed by atoms with Gasteiger partial charge >= 0.3 is 0 Å². The third-order valence-electron chi connectivity index (χ3n) is 3.10. The minimum Gasteiger partial charge on any atom is -0.380 e. The van der Waals surface area contributed by atoms with E-state index >= 15 is 0 Å². The van der Waals surface area contributed by atoms with E-state index in [1.54, 1.807) is 0 Å². The van der Waals surface area contributed by atoms with Crippen molar-refractivity contribution in [3.8, 4) is 0 Å². The molecule has 0 aromatic heterocycles. The number of ether oxygens (including phenoxy) is 1. The van der Waals surface area contributed by atoms with Crippen molar-refractivity contribution in [1.29, 1.82) is 0 Å². The van der Waals surface area contributed by atoms with Gasteiger partial charge in [-0.2, -0.15) is 0 Å². The van der Waals surface area contributed by atoms with Gasteiger partial charge in [-0.25, -0.2) is 0 Å². The van der Waals surface area contributed by atoms with Crippen LogP contribution < -0.4 is 5.73 Å². The number of hydrogen-bond acceptors (Lipinski definition) is 3. The number of nitrogens with zero attached hydrogens (tertiary/aromatic N) is 1. The molecule has 64 valence electrons. The Morgan fingerprint density at radius 2 is 2.55 bits per heavy atom. The number of nitrogens with two attached hydrogens (primary N) is 1. The van der Waals surface area contributed by atoms with E-state index in [2.05, 4.69) is 11.9 Å². The summed E-state index contributed by atoms with van der Waals surface area (Å²) in [5.41, 5.74) is 6.07. The first-order valence-corrected chi connectivity index (χ1v) is 4.23. The smallest absolute Gasteiger partial charge is 0.0551 e. The second-order valence-electron chi connectivity index (χ2n) is 3.98. The summed E-state index contributed by atoms with van der Waals surface area (Å²) in [6.45, 7) is 4.85. The maximum Gasteiger partial charge on any atom is 0.0551 e. The fraction of sp³-hybridized carbons (Fsp3) is 1.00. The Balaban J connectivity index is 2.15. The molecule has 2 atom stereocenters. The SMILES string of the molecule is CN1CC2COC[C@@]2(CN)C1. The Hall–Kier alpha value is -0.120. The van der Waals surface area contributed by atoms with Crippen molar-refractivity contribution in [2.45, 2.75) is 0 Å². The summed E-state index contributed by atoms with van der Waals surface area (Å²) in [4.78, 5) is 2.36. The summed E-state index contributed by atoms with van der Waals surface area (Å²) in [5, 5.41) is 0. The van der Waals surface area contributed by atoms with E-state index in [4.69, 9.17) is 10.5 Å². The zero-order chi connectivity index (χ0) is 7.90. The predicted octanol–water partition coefficient (Wildman–Crippen LogP) is -0.477. The average Bonchev–Trinajstić information content (AvgIpc) is 2.43. The lowest BCUT2D eigenvalue weighted by Crippen LogP contribution is -2.37. The van der Waals surface area contributed by atoms with Gasteiger partial charge in [-0.15, -0.1) is 0 Å². The molecule has 2 aliphatic rings. The molecule has 2 saturated heterocycles. The van der Waals surface area contributed by atoms with Gasteiger partial charge in [-0.1, -0.05) is 0 Å². The molecule has 0 aromatic carbocycles. The van der Waals surface area contributed by atoms with Gasteiger partial charge < -0.3 is 15.4 Å². The van der Waals surface area contributed by atoms with Crippen molar-refractivity contribution in [1.82, 2.24) is 4.90 Å². The molecule has 0 spiro atoms. The van der Waals surface area contributed by atoms with Crippen molar-refractivity contribution < 1.29 is 4.74 Å². The Morgan fingerprint density at radius 1 is 1.73 bits per heavy atom. The largest absolute Gasteiger partial charge is 0.380 e. The van der Waals surface area contributed by atoms with Crippen LogP contribution in [0.3, 0.4) is 0 Å². The Kier molecular flexibility index (Phi) is 1.67. The van der Waals surface area contributed by atoms with Gasteiger partial charge in [0.25, 0.3) is 0 Å². The van der Waals surface area contributed by atoms with Crippen LogP contribution in [0, 0.1) is 11.3 Å². The molecule has 2 N–H and O–H groups in total. The molecule has 0 bridgehead atoms. The molecule has 2 aliphatic heterocycles. The van der Waals surface area contributed by atoms with Crippen molar-refractivity contribution in [2.24, 2.45) is 17.1 Å². The van der Waals surface area contributed by atoms with Gasteiger partial charge in [0.1, 0.15) is 0 Å². The molecule has 2 fully saturated rings. The molecule has 0 amide bonds. The molecule has 2 rings (SSSR count). The van der Waals surface area contributed by atoms with Crippen molar-refractivity contribution in [2.75, 3.05) is 39.9 Å². The zero-order valence-corrected chi connectivity index (χ0v) is 7.05. The molecule has 1 unspecified atom stereocenters. The normalized spacial score (nSPS) is 44.7. The zero-order valence-electron chi connectivity index (χ0n) is 7.05. The van der Waals surface area contributed by atoms with Gasteiger partial charge in [0.15, 0.2) is 0 Å². The van der Waals surface area contributed by atoms with Gasteiger partial charge in [0.2, 0.25) is 0 Å². The molecule has 3 heteroatoms. The van der Waals surface area contributed by atoms with E-state index in [1.807, 2.05) is 0 Å². The molecule has 0 radical (unpaired) electrons. The molecule has 11 heavy (non-hydrogen) atoms. The van der Waals surface area contributed by atoms with E-state index in [1.165, 1.54) is 0 Å². The van der Waals surface area contributed by atoms with E-state index < -0.39 is 0 Å². The molecular weight excluding hydrogens is 140 g/mol. The van der Waals surface area contributed by atoms with Crippen LogP contribution in [-0.2, 0) is 4.74 Å². The minimum atomic E-state index is 0.300. The minimum absolute atomic E-state index is 0.300. The molecule has 2 heterocycles. The van der Waals surface area contributed by atoms with Crippen molar-refractivity contribution in [3.63, 3.8) is 0 Å². The number of hydrogen-bond donors (Lipinski definition) is 1. The summed E-state index contributed by atoms with van der Waals surface area (Å²) in [6.07, 6.45) is 0. The van der Waals surface area contributed by atoms with Gasteiger partial charge in [-0.3, -0.25) is 0 Å². The fourth-order valence-electron chi connectivity index (χ4n) is 2.39. The van der Waals surface area contributed by atoms with Crippen LogP contribution in [0.4, 0.5) is 0 Å². The molecule has 0 saturated carbocycles. The number of likely N-dealkylation sites (tertiary alicyclic amines) is 1. The molecule has 0 aromatic rings. The van der Waals surface area contributed by atoms with Crippen LogP contribution >= 0.6 is 0 Å². The second kappa shape index (κ2) is 2.44. The van der Waals surface area contributed by atoms with E-state index in [9.17, 15) is 0 Å². The maximum atomic E-state index is 5.77. The summed E-state index contributed by atoms with van der Waals surface area (Å²) in [6, 6.07) is 0. The van der Waals surface area contributed by atoms with Crippen molar-refractivity contribution >= 4 is 0 Å². The monoisotopic (exact) mass is 156 g/mol. The van der Waals surface area contributed by atoms with Crippen LogP contribution in [0.2, 0.25) is 0 Å². The van der Waals surface area contributed by atoms with Crippen LogP contribution in [0.15, 0.2) is 0 Å². The highest BCUT2D eigenvalue weighted by Crippen LogP contribution is 2.39. The highest BCUT2D eigenvalue weighted by molar-refractivity contribution is 4.99. The Bertz CT molecular complexity index is 162. The summed E-state index contributed by atoms with van der Waals surface area (Å²) < 4.78 is 5.45. The quantitative estimate of drug-likeness (QED) is 0.557. The molecular formula is C8H16N2O. The Labute approximate surface area is 67.5 Å². The summed E-state index contributed by atoms with van der Waals surface area (Å²) in [7, 11) is 2.16. The van der Waals surface area contributed by atoms with Gasteiger partial charge in [0.05, 0.1) is 13.2 Å². The first-order chi connectivity index (χ1) is 5.27. The fourth-order valence-corrected chi connectivity index (χ4v) is 2.39. The lowest BCUT2D eigenvalue weighted by Gasteiger charge is -2.24. The standard InChI is InChI=1S/C8H16N2O/c1-10-2-7-3-11-6-8(7,4-9)5-10/h7H,2-6,9H2,1H3/t7?,8-/m1/s1. The third kappa shape index (κ3) is 0.991. The summed E-state index contributed by atoms with van der Waals surface area (Å²) in [5.74, 6) is 0.692. The highest BCUT2D eigenvalue weighted by Gasteiger charge is 2.48. The number of fused-ring (bicyclic) bond motifs is 1. The third-order valence-corrected chi connectivity index (χ3v) is 3.10. The first kappa shape index (κ1) is 7.53. The van der Waals surface area contributed by atoms with Crippen LogP contribution in [0.5, 0.6) is 0 Å². The summed E-state index contributed by atoms with van der Waals surface area (Å²) >= 11 is 0. The maximum absolute atomic E-state index is 5.77. The van der Waals surface area contributed by atoms with E-state index in [-0.39, 0.29) is 0 Å². The van der Waals surface area contributed by atoms with Crippen LogP contribution in [-0.4, -0.2) is 44.8 Å². The van der Waals surface area contributed by atoms with Crippen LogP contribution in [0.25, 0.3) is 0 Å². The molecule has 0 aliphatic carbocycles. The van der Waals surface area contributed by atoms with E-state index in [0.717, 1.165) is 32.8 Å². The second-order valence-corrected chi connectivity index (χ2v) is 3.98.